The van der Waals surface area contributed by atoms with Crippen LogP contribution in [0.1, 0.15) is 85.3 Å². The number of hydrogen-bond donors (Lipinski definition) is 2. The molecule has 4 rings (SSSR count). The quantitative estimate of drug-likeness (QED) is 0.276. The number of alkyl carbamates (subject to hydrolysis) is 1. The molecule has 2 saturated heterocycles. The number of aryl methyl sites for hydroxylation is 1. The molecule has 3 aliphatic heterocycles. The van der Waals surface area contributed by atoms with Gasteiger partial charge in [0.15, 0.2) is 0 Å². The number of nitrogens with zero attached hydrogens (tertiary/aromatic N) is 2. The van der Waals surface area contributed by atoms with E-state index in [-0.39, 0.29) is 24.7 Å². The summed E-state index contributed by atoms with van der Waals surface area (Å²) >= 11 is 6.76. The van der Waals surface area contributed by atoms with Crippen LogP contribution in [0, 0.1) is 24.7 Å². The van der Waals surface area contributed by atoms with Gasteiger partial charge in [0.05, 0.1) is 23.2 Å². The maximum atomic E-state index is 14.0. The van der Waals surface area contributed by atoms with E-state index >= 15 is 0 Å². The third-order valence-electron chi connectivity index (χ3n) is 10.6. The highest BCUT2D eigenvalue weighted by atomic mass is 35.5. The fraction of sp³-hybridized carbons (Fsp3) is 0.632. The molecule has 3 aliphatic rings. The number of rotatable bonds is 6. The molecule has 4 bridgehead atoms. The summed E-state index contributed by atoms with van der Waals surface area (Å²) < 4.78 is 18.0. The van der Waals surface area contributed by atoms with Gasteiger partial charge in [0.2, 0.25) is 11.8 Å². The predicted molar refractivity (Wildman–Crippen MR) is 192 cm³/mol. The molecule has 276 valence electrons. The zero-order valence-corrected chi connectivity index (χ0v) is 31.8. The summed E-state index contributed by atoms with van der Waals surface area (Å²) in [5, 5.41) is 14.7. The number of esters is 1. The van der Waals surface area contributed by atoms with Crippen LogP contribution in [0.5, 0.6) is 0 Å². The minimum atomic E-state index is -1.59. The Morgan fingerprint density at radius 2 is 1.88 bits per heavy atom. The molecule has 2 N–H and O–H groups in total. The molecule has 7 unspecified atom stereocenters. The summed E-state index contributed by atoms with van der Waals surface area (Å²) in [7, 11) is 3.20. The molecule has 8 atom stereocenters. The van der Waals surface area contributed by atoms with E-state index in [1.54, 1.807) is 27.9 Å². The Bertz CT molecular complexity index is 1540. The Balaban J connectivity index is 1.72. The van der Waals surface area contributed by atoms with Crippen LogP contribution in [0.2, 0.25) is 5.02 Å². The van der Waals surface area contributed by atoms with Gasteiger partial charge in [-0.05, 0) is 63.6 Å². The molecule has 50 heavy (non-hydrogen) atoms. The molecule has 3 amide bonds. The lowest BCUT2D eigenvalue weighted by molar-refractivity contribution is -0.162. The topological polar surface area (TPSA) is 138 Å². The van der Waals surface area contributed by atoms with E-state index in [1.807, 2.05) is 71.9 Å². The van der Waals surface area contributed by atoms with Gasteiger partial charge in [-0.3, -0.25) is 14.9 Å². The van der Waals surface area contributed by atoms with E-state index in [2.05, 4.69) is 5.32 Å². The molecule has 12 heteroatoms. The molecule has 11 nitrogen and oxygen atoms in total. The second-order valence-corrected chi connectivity index (χ2v) is 15.5. The molecular weight excluding hydrogens is 662 g/mol. The van der Waals surface area contributed by atoms with Gasteiger partial charge >= 0.3 is 12.1 Å². The maximum absolute atomic E-state index is 14.0. The van der Waals surface area contributed by atoms with Crippen molar-refractivity contribution in [3.05, 3.63) is 52.1 Å². The van der Waals surface area contributed by atoms with Crippen LogP contribution >= 0.6 is 11.6 Å². The summed E-state index contributed by atoms with van der Waals surface area (Å²) in [5.41, 5.74) is 0.576. The number of allylic oxidation sites excluding steroid dienone is 3. The van der Waals surface area contributed by atoms with E-state index in [9.17, 15) is 24.3 Å². The number of anilines is 1. The summed E-state index contributed by atoms with van der Waals surface area (Å²) in [6.07, 6.45) is 3.92. The average molecular weight is 716 g/mol. The molecular formula is C38H54ClN3O8. The Labute approximate surface area is 301 Å². The van der Waals surface area contributed by atoms with Gasteiger partial charge < -0.3 is 29.1 Å². The number of fused-ring (bicyclic) bond motifs is 5. The lowest BCUT2D eigenvalue weighted by Crippen LogP contribution is -2.60. The summed E-state index contributed by atoms with van der Waals surface area (Å²) in [4.78, 5) is 56.2. The van der Waals surface area contributed by atoms with Crippen molar-refractivity contribution in [1.82, 2.24) is 10.2 Å². The van der Waals surface area contributed by atoms with Gasteiger partial charge in [-0.25, -0.2) is 9.59 Å². The van der Waals surface area contributed by atoms with Gasteiger partial charge in [0, 0.05) is 38.8 Å². The van der Waals surface area contributed by atoms with E-state index < -0.39 is 59.6 Å². The smallest absolute Gasteiger partial charge is 0.409 e. The normalized spacial score (nSPS) is 32.5. The lowest BCUT2D eigenvalue weighted by Gasteiger charge is -2.41. The highest BCUT2D eigenvalue weighted by molar-refractivity contribution is 6.34. The van der Waals surface area contributed by atoms with Gasteiger partial charge in [-0.1, -0.05) is 69.2 Å². The number of carbonyl (C=O) groups excluding carboxylic acids is 4. The zero-order valence-electron chi connectivity index (χ0n) is 31.0. The van der Waals surface area contributed by atoms with Gasteiger partial charge in [-0.15, -0.1) is 0 Å². The molecule has 0 aromatic heterocycles. The monoisotopic (exact) mass is 715 g/mol. The summed E-state index contributed by atoms with van der Waals surface area (Å²) in [6, 6.07) is 2.94. The molecule has 0 spiro atoms. The van der Waals surface area contributed by atoms with Gasteiger partial charge in [-0.2, -0.15) is 0 Å². The van der Waals surface area contributed by atoms with Crippen molar-refractivity contribution in [2.24, 2.45) is 17.8 Å². The highest BCUT2D eigenvalue weighted by Gasteiger charge is 2.64. The number of epoxide rings is 1. The number of benzene rings is 1. The standard InChI is InChI=1S/C38H54ClN3O8/c1-21(2)14-15-31(43)41(9)26(7)35(45)49-30-19-32(44)42(10)28-18-27(17-23(4)33(28)39)16-22(3)12-11-13-24(5)38(47)20-29(48-36(46)40-38)25(6)34-37(30,8)50-34/h11-13,17-18,21,24-26,29-30,34,47H,14-16,19-20H2,1-10H3,(H,40,46)/b13-11+,22-12+/t24?,25?,26-,29?,30?,34?,37?,38?/m0/s1. The van der Waals surface area contributed by atoms with Crippen molar-refractivity contribution in [2.75, 3.05) is 19.0 Å². The van der Waals surface area contributed by atoms with Crippen molar-refractivity contribution in [1.29, 1.82) is 0 Å². The Hall–Kier alpha value is -3.41. The predicted octanol–water partition coefficient (Wildman–Crippen LogP) is 5.87. The third kappa shape index (κ3) is 8.72. The summed E-state index contributed by atoms with van der Waals surface area (Å²) in [6.45, 7) is 15.0. The SMILES string of the molecule is C/C1=C\C=C\C(C)C2(O)CC(OC(=O)N2)C(C)C2OC2(C)C(OC(=O)[C@H](C)N(C)C(=O)CCC(C)C)CC(=O)N(C)c2cc(cc(C)c2Cl)C1. The second-order valence-electron chi connectivity index (χ2n) is 15.1. The molecule has 1 aromatic rings. The van der Waals surface area contributed by atoms with Crippen LogP contribution in [0.15, 0.2) is 35.9 Å². The van der Waals surface area contributed by atoms with Crippen LogP contribution in [-0.4, -0.2) is 83.7 Å². The second kappa shape index (κ2) is 15.5. The van der Waals surface area contributed by atoms with Crippen LogP contribution in [0.4, 0.5) is 10.5 Å². The van der Waals surface area contributed by atoms with E-state index in [1.165, 1.54) is 9.80 Å². The van der Waals surface area contributed by atoms with Gasteiger partial charge in [0.1, 0.15) is 29.6 Å². The number of aliphatic hydroxyl groups is 1. The Morgan fingerprint density at radius 1 is 1.20 bits per heavy atom. The van der Waals surface area contributed by atoms with Crippen LogP contribution in [0.3, 0.4) is 0 Å². The molecule has 1 aromatic carbocycles. The number of nitrogens with one attached hydrogen (secondary N) is 1. The minimum Gasteiger partial charge on any atom is -0.457 e. The van der Waals surface area contributed by atoms with Crippen molar-refractivity contribution >= 4 is 41.2 Å². The van der Waals surface area contributed by atoms with E-state index in [0.29, 0.717) is 35.9 Å². The Kier molecular flexibility index (Phi) is 12.2. The van der Waals surface area contributed by atoms with Crippen molar-refractivity contribution in [3.63, 3.8) is 0 Å². The van der Waals surface area contributed by atoms with Crippen LogP contribution in [0.25, 0.3) is 0 Å². The largest absolute Gasteiger partial charge is 0.457 e. The number of likely N-dealkylation sites (N-methyl/N-ethyl adjacent to an activating group) is 1. The fourth-order valence-corrected chi connectivity index (χ4v) is 6.98. The van der Waals surface area contributed by atoms with E-state index in [0.717, 1.165) is 16.7 Å². The number of amides is 3. The van der Waals surface area contributed by atoms with Crippen molar-refractivity contribution in [3.8, 4) is 0 Å². The maximum Gasteiger partial charge on any atom is 0.409 e. The first-order valence-electron chi connectivity index (χ1n) is 17.5. The van der Waals surface area contributed by atoms with Gasteiger partial charge in [0.25, 0.3) is 0 Å². The minimum absolute atomic E-state index is 0.0834. The first-order valence-corrected chi connectivity index (χ1v) is 17.9. The number of hydrogen-bond acceptors (Lipinski definition) is 8. The van der Waals surface area contributed by atoms with Crippen molar-refractivity contribution in [2.45, 2.75) is 123 Å². The van der Waals surface area contributed by atoms with E-state index in [4.69, 9.17) is 25.8 Å². The van der Waals surface area contributed by atoms with Crippen LogP contribution < -0.4 is 10.2 Å². The molecule has 0 saturated carbocycles. The number of ether oxygens (including phenoxy) is 3. The molecule has 0 radical (unpaired) electrons. The highest BCUT2D eigenvalue weighted by Crippen LogP contribution is 2.49. The zero-order chi connectivity index (χ0) is 37.3. The first kappa shape index (κ1) is 39.4. The van der Waals surface area contributed by atoms with Crippen molar-refractivity contribution < 1.29 is 38.5 Å². The average Bonchev–Trinajstić information content (AvgIpc) is 3.74. The molecule has 0 aliphatic carbocycles. The third-order valence-corrected chi connectivity index (χ3v) is 11.1. The fourth-order valence-electron chi connectivity index (χ4n) is 6.75. The number of carbonyl (C=O) groups is 4. The number of halogens is 1. The first-order chi connectivity index (χ1) is 23.3. The molecule has 2 fully saturated rings. The molecule has 3 heterocycles. The lowest BCUT2D eigenvalue weighted by atomic mass is 9.82. The Morgan fingerprint density at radius 3 is 2.54 bits per heavy atom. The summed E-state index contributed by atoms with van der Waals surface area (Å²) in [5.74, 6) is -1.79. The van der Waals surface area contributed by atoms with Crippen LogP contribution in [-0.2, 0) is 35.0 Å².